The lowest BCUT2D eigenvalue weighted by Gasteiger charge is -2.38. The Morgan fingerprint density at radius 1 is 1.16 bits per heavy atom. The number of ether oxygens (including phenoxy) is 1. The van der Waals surface area contributed by atoms with Crippen LogP contribution in [-0.4, -0.2) is 52.1 Å². The van der Waals surface area contributed by atoms with Gasteiger partial charge in [-0.25, -0.2) is 9.37 Å². The molecule has 2 aromatic carbocycles. The largest absolute Gasteiger partial charge is 0.356 e. The number of piperidine rings is 1. The number of benzene rings is 2. The van der Waals surface area contributed by atoms with E-state index in [4.69, 9.17) is 27.9 Å². The fourth-order valence-corrected chi connectivity index (χ4v) is 9.05. The summed E-state index contributed by atoms with van der Waals surface area (Å²) in [7, 11) is 0. The Morgan fingerprint density at radius 3 is 2.61 bits per heavy atom. The highest BCUT2D eigenvalue weighted by atomic mass is 35.5. The van der Waals surface area contributed by atoms with Gasteiger partial charge in [-0.05, 0) is 88.1 Å². The first-order valence-electron chi connectivity index (χ1n) is 17.1. The normalized spacial score (nSPS) is 26.7. The number of pyridine rings is 1. The lowest BCUT2D eigenvalue weighted by atomic mass is 9.87. The van der Waals surface area contributed by atoms with Crippen LogP contribution in [0.25, 0.3) is 32.9 Å². The number of aromatic nitrogens is 2. The predicted octanol–water partition coefficient (Wildman–Crippen LogP) is 8.64. The van der Waals surface area contributed by atoms with Crippen molar-refractivity contribution in [2.24, 2.45) is 17.8 Å². The molecule has 12 heteroatoms. The molecule has 49 heavy (non-hydrogen) atoms. The molecule has 4 atom stereocenters. The topological polar surface area (TPSA) is 94.0 Å². The minimum atomic E-state index is -2.90. The van der Waals surface area contributed by atoms with Crippen molar-refractivity contribution >= 4 is 50.9 Å². The number of hydrogen-bond acceptors (Lipinski definition) is 5. The van der Waals surface area contributed by atoms with Crippen LogP contribution in [0.5, 0.6) is 0 Å². The van der Waals surface area contributed by atoms with Gasteiger partial charge in [-0.1, -0.05) is 35.3 Å². The van der Waals surface area contributed by atoms with Gasteiger partial charge in [0.25, 0.3) is 0 Å². The van der Waals surface area contributed by atoms with Crippen molar-refractivity contribution in [3.05, 3.63) is 63.1 Å². The van der Waals surface area contributed by atoms with E-state index in [1.165, 1.54) is 19.4 Å². The summed E-state index contributed by atoms with van der Waals surface area (Å²) in [4.78, 5) is 23.4. The number of H-pyrrole nitrogens is 1. The minimum Gasteiger partial charge on any atom is -0.356 e. The Kier molecular flexibility index (Phi) is 8.54. The average Bonchev–Trinajstić information content (AvgIpc) is 3.51. The number of carbonyl (C=O) groups excluding carboxylic acids is 1. The highest BCUT2D eigenvalue weighted by Gasteiger charge is 2.56. The van der Waals surface area contributed by atoms with E-state index in [0.29, 0.717) is 46.3 Å². The molecular formula is C37H36Cl2F3N5O2. The summed E-state index contributed by atoms with van der Waals surface area (Å²) in [5.74, 6) is 0.230. The van der Waals surface area contributed by atoms with Gasteiger partial charge in [0.1, 0.15) is 5.52 Å². The Labute approximate surface area is 292 Å². The second-order valence-corrected chi connectivity index (χ2v) is 15.0. The summed E-state index contributed by atoms with van der Waals surface area (Å²) in [5.41, 5.74) is 3.26. The molecule has 3 aliphatic carbocycles. The molecule has 0 spiro atoms. The molecule has 4 unspecified atom stereocenters. The Hall–Kier alpha value is -3.36. The number of alkyl halides is 2. The molecule has 2 aromatic heterocycles. The van der Waals surface area contributed by atoms with Crippen molar-refractivity contribution in [3.8, 4) is 17.2 Å². The zero-order valence-corrected chi connectivity index (χ0v) is 28.4. The number of hydrogen-bond donors (Lipinski definition) is 2. The maximum Gasteiger partial charge on any atom is 0.345 e. The van der Waals surface area contributed by atoms with Gasteiger partial charge < -0.3 is 19.9 Å². The molecule has 256 valence electrons. The zero-order chi connectivity index (χ0) is 34.1. The van der Waals surface area contributed by atoms with Gasteiger partial charge >= 0.3 is 6.61 Å². The third-order valence-electron chi connectivity index (χ3n) is 11.2. The number of rotatable bonds is 7. The van der Waals surface area contributed by atoms with Gasteiger partial charge in [0.15, 0.2) is 5.82 Å². The van der Waals surface area contributed by atoms with Crippen molar-refractivity contribution < 1.29 is 22.7 Å². The van der Waals surface area contributed by atoms with Crippen LogP contribution >= 0.6 is 23.2 Å². The summed E-state index contributed by atoms with van der Waals surface area (Å²) in [5, 5.41) is 14.5. The molecule has 3 saturated carbocycles. The summed E-state index contributed by atoms with van der Waals surface area (Å²) >= 11 is 12.8. The van der Waals surface area contributed by atoms with Crippen molar-refractivity contribution in [2.75, 3.05) is 6.54 Å². The first kappa shape index (κ1) is 32.8. The lowest BCUT2D eigenvalue weighted by Crippen LogP contribution is -2.45. The first-order valence-corrected chi connectivity index (χ1v) is 17.8. The smallest absolute Gasteiger partial charge is 0.345 e. The summed E-state index contributed by atoms with van der Waals surface area (Å²) in [6, 6.07) is 11.2. The van der Waals surface area contributed by atoms with Gasteiger partial charge in [0, 0.05) is 63.6 Å². The molecule has 2 N–H and O–H groups in total. The Balaban J connectivity index is 0.000000518. The Morgan fingerprint density at radius 2 is 1.96 bits per heavy atom. The molecule has 4 bridgehead atoms. The molecule has 1 amide bonds. The van der Waals surface area contributed by atoms with Crippen molar-refractivity contribution in [2.45, 2.75) is 89.1 Å². The monoisotopic (exact) mass is 709 g/mol. The van der Waals surface area contributed by atoms with Crippen LogP contribution in [0.4, 0.5) is 13.2 Å². The minimum absolute atomic E-state index is 0.0292. The first-order chi connectivity index (χ1) is 23.6. The molecule has 4 aromatic rings. The van der Waals surface area contributed by atoms with Crippen LogP contribution in [0.15, 0.2) is 30.3 Å². The average molecular weight is 711 g/mol. The number of aromatic amines is 1. The molecule has 6 aliphatic rings. The molecule has 7 nitrogen and oxygen atoms in total. The lowest BCUT2D eigenvalue weighted by molar-refractivity contribution is -0.184. The third kappa shape index (κ3) is 5.77. The van der Waals surface area contributed by atoms with E-state index < -0.39 is 24.6 Å². The standard InChI is InChI=1S/C32H27Cl2F3N4O2.C5H9N/c1-14-19-13-23(30-20-11-17(12-24(20)43-32(36)37)41(30)31(42)15-7-8-15)40-28(19)21-10-16(4-3-9-38)25(27(35)29(21)39-14)18-5-2-6-22(33)26(18)34;1-4-2-5(1)6-3-4/h2,5-6,10,13,15,17,20,24,30,32,40H,3-4,7-8,11-12H2,1H3;4-6H,1-3H2. The number of halogens is 5. The molecule has 10 rings (SSSR count). The van der Waals surface area contributed by atoms with Gasteiger partial charge in [0.05, 0.1) is 33.8 Å². The van der Waals surface area contributed by atoms with E-state index in [1.54, 1.807) is 25.1 Å². The fourth-order valence-electron chi connectivity index (χ4n) is 8.66. The highest BCUT2D eigenvalue weighted by molar-refractivity contribution is 6.43. The molecule has 5 heterocycles. The second-order valence-electron chi connectivity index (χ2n) is 14.2. The number of amides is 1. The molecule has 3 aliphatic heterocycles. The zero-order valence-electron chi connectivity index (χ0n) is 26.9. The van der Waals surface area contributed by atoms with Gasteiger partial charge in [-0.3, -0.25) is 4.79 Å². The molecule has 0 radical (unpaired) electrons. The van der Waals surface area contributed by atoms with E-state index >= 15 is 4.39 Å². The van der Waals surface area contributed by atoms with Gasteiger partial charge in [-0.2, -0.15) is 14.0 Å². The number of nitrogens with zero attached hydrogens (tertiary/aromatic N) is 3. The molecular weight excluding hydrogens is 674 g/mol. The van der Waals surface area contributed by atoms with Crippen LogP contribution in [0.2, 0.25) is 10.0 Å². The third-order valence-corrected chi connectivity index (χ3v) is 12.0. The predicted molar refractivity (Wildman–Crippen MR) is 182 cm³/mol. The number of fused-ring (bicyclic) bond motifs is 6. The van der Waals surface area contributed by atoms with Crippen molar-refractivity contribution in [1.82, 2.24) is 20.2 Å². The van der Waals surface area contributed by atoms with Crippen LogP contribution in [0.1, 0.15) is 67.9 Å². The highest BCUT2D eigenvalue weighted by Crippen LogP contribution is 2.54. The number of carbonyl (C=O) groups is 1. The van der Waals surface area contributed by atoms with E-state index in [9.17, 15) is 18.8 Å². The summed E-state index contributed by atoms with van der Waals surface area (Å²) in [6.45, 7) is 0.197. The van der Waals surface area contributed by atoms with Crippen molar-refractivity contribution in [3.63, 3.8) is 0 Å². The maximum atomic E-state index is 16.5. The van der Waals surface area contributed by atoms with Gasteiger partial charge in [0.2, 0.25) is 5.91 Å². The van der Waals surface area contributed by atoms with Crippen LogP contribution in [0.3, 0.4) is 0 Å². The quantitative estimate of drug-likeness (QED) is 0.200. The van der Waals surface area contributed by atoms with E-state index in [-0.39, 0.29) is 57.8 Å². The summed E-state index contributed by atoms with van der Waals surface area (Å²) < 4.78 is 48.2. The van der Waals surface area contributed by atoms with Crippen LogP contribution in [-0.2, 0) is 16.0 Å². The van der Waals surface area contributed by atoms with Crippen LogP contribution in [0, 0.1) is 41.8 Å². The number of nitriles is 1. The fraction of sp³-hybridized carbons (Fsp3) is 0.486. The van der Waals surface area contributed by atoms with Gasteiger partial charge in [-0.15, -0.1) is 0 Å². The number of likely N-dealkylation sites (tertiary alicyclic amines) is 1. The molecule has 6 fully saturated rings. The van der Waals surface area contributed by atoms with E-state index in [2.05, 4.69) is 21.4 Å². The van der Waals surface area contributed by atoms with E-state index in [0.717, 1.165) is 30.2 Å². The maximum absolute atomic E-state index is 16.5. The van der Waals surface area contributed by atoms with Crippen LogP contribution < -0.4 is 5.32 Å². The number of aryl methyl sites for hydroxylation is 2. The Bertz CT molecular complexity index is 1990. The summed E-state index contributed by atoms with van der Waals surface area (Å²) in [6.07, 6.45) is 5.35. The SMILES string of the molecule is C1NC2CC1C2.Cc1nc2c(F)c(-c3cccc(Cl)c3Cl)c(CCC#N)cc2c2[nH]c(C3C4CC(CC4OC(F)F)N3C(=O)C3CC3)cc12. The van der Waals surface area contributed by atoms with E-state index in [1.807, 2.05) is 17.0 Å². The molecule has 3 saturated heterocycles. The number of nitrogens with one attached hydrogen (secondary N) is 2. The second kappa shape index (κ2) is 12.8. The van der Waals surface area contributed by atoms with Crippen molar-refractivity contribution in [1.29, 1.82) is 5.26 Å².